The number of allylic oxidation sites excluding steroid dienone is 7. The molecule has 7 heteroatoms. The Kier molecular flexibility index (Phi) is 9.07. The highest BCUT2D eigenvalue weighted by Crippen LogP contribution is 2.49. The van der Waals surface area contributed by atoms with Crippen molar-refractivity contribution >= 4 is 34.2 Å². The molecule has 3 N–H and O–H groups in total. The molecular formula is C28H33FN4OS. The highest BCUT2D eigenvalue weighted by Gasteiger charge is 2.47. The van der Waals surface area contributed by atoms with Gasteiger partial charge < -0.3 is 16.0 Å². The van der Waals surface area contributed by atoms with Gasteiger partial charge >= 0.3 is 0 Å². The molecule has 1 aromatic heterocycles. The fourth-order valence-electron chi connectivity index (χ4n) is 4.82. The topological polar surface area (TPSA) is 77.9 Å². The number of hydrogen-bond acceptors (Lipinski definition) is 5. The van der Waals surface area contributed by atoms with Gasteiger partial charge in [0.2, 0.25) is 5.91 Å². The molecule has 1 amide bonds. The molecule has 1 aliphatic rings. The van der Waals surface area contributed by atoms with E-state index in [1.165, 1.54) is 23.6 Å². The summed E-state index contributed by atoms with van der Waals surface area (Å²) in [7, 11) is 1.86. The number of nitrogens with zero attached hydrogens (tertiary/aromatic N) is 1. The Hall–Kier alpha value is -3.16. The zero-order valence-electron chi connectivity index (χ0n) is 20.5. The van der Waals surface area contributed by atoms with Crippen LogP contribution >= 0.6 is 11.3 Å². The van der Waals surface area contributed by atoms with Crippen molar-refractivity contribution in [2.75, 3.05) is 19.0 Å². The number of nitrogens with one attached hydrogen (secondary N) is 3. The Morgan fingerprint density at radius 2 is 2.09 bits per heavy atom. The van der Waals surface area contributed by atoms with Crippen LogP contribution in [-0.4, -0.2) is 30.8 Å². The van der Waals surface area contributed by atoms with E-state index in [1.54, 1.807) is 12.2 Å². The van der Waals surface area contributed by atoms with Crippen LogP contribution in [0.1, 0.15) is 55.5 Å². The smallest absolute Gasteiger partial charge is 0.234 e. The predicted octanol–water partition coefficient (Wildman–Crippen LogP) is 6.62. The molecule has 3 rings (SSSR count). The molecule has 2 aromatic rings. The van der Waals surface area contributed by atoms with Gasteiger partial charge in [0, 0.05) is 29.1 Å². The summed E-state index contributed by atoms with van der Waals surface area (Å²) in [4.78, 5) is 18.3. The van der Waals surface area contributed by atoms with Crippen molar-refractivity contribution in [3.8, 4) is 0 Å². The van der Waals surface area contributed by atoms with Crippen LogP contribution in [-0.2, 0) is 4.79 Å². The van der Waals surface area contributed by atoms with Crippen molar-refractivity contribution in [3.05, 3.63) is 89.0 Å². The summed E-state index contributed by atoms with van der Waals surface area (Å²) in [5.74, 6) is -0.287. The lowest BCUT2D eigenvalue weighted by molar-refractivity contribution is -0.127. The van der Waals surface area contributed by atoms with Gasteiger partial charge in [-0.05, 0) is 50.4 Å². The molecule has 1 aliphatic carbocycles. The fourth-order valence-corrected chi connectivity index (χ4v) is 5.53. The van der Waals surface area contributed by atoms with Gasteiger partial charge in [-0.2, -0.15) is 0 Å². The maximum atomic E-state index is 13.7. The van der Waals surface area contributed by atoms with E-state index < -0.39 is 12.1 Å². The maximum absolute atomic E-state index is 13.7. The number of amides is 1. The van der Waals surface area contributed by atoms with Crippen LogP contribution in [0.15, 0.2) is 72.2 Å². The Morgan fingerprint density at radius 3 is 2.71 bits per heavy atom. The standard InChI is InChI=1S/C28H33FN4OS/c1-5-10-19(11-6-2)22(14-9-15-29)24-18-35-27(32-24)33-26(34)28(3)16-20(17-30)21-12-7-8-13-23(21)25(28)31-4/h5-9,11-14,17-18,20,25,30-31H,1,10,15-16H2,2-4H3,(H,32,33,34)/b11-6-,14-9-,22-19-,30-17?. The van der Waals surface area contributed by atoms with Crippen molar-refractivity contribution in [3.63, 3.8) is 0 Å². The van der Waals surface area contributed by atoms with E-state index in [-0.39, 0.29) is 17.9 Å². The summed E-state index contributed by atoms with van der Waals surface area (Å²) in [6.45, 7) is 7.11. The number of carbonyl (C=O) groups excluding carboxylic acids is 1. The van der Waals surface area contributed by atoms with Crippen molar-refractivity contribution in [1.29, 1.82) is 5.41 Å². The zero-order valence-corrected chi connectivity index (χ0v) is 21.3. The van der Waals surface area contributed by atoms with Crippen molar-refractivity contribution in [2.45, 2.75) is 38.6 Å². The van der Waals surface area contributed by atoms with Crippen LogP contribution < -0.4 is 10.6 Å². The second kappa shape index (κ2) is 12.0. The SMILES string of the molecule is C=CCC(/C=C\C)=C(\C=C/CF)c1csc(NC(=O)C2(C)CC(C=N)c3ccccc3C2NC)n1. The van der Waals surface area contributed by atoms with E-state index in [0.29, 0.717) is 23.7 Å². The first-order valence-corrected chi connectivity index (χ1v) is 12.5. The molecule has 0 aliphatic heterocycles. The number of rotatable bonds is 10. The van der Waals surface area contributed by atoms with Crippen LogP contribution in [0.25, 0.3) is 5.57 Å². The van der Waals surface area contributed by atoms with Crippen LogP contribution in [0, 0.1) is 10.8 Å². The molecule has 0 saturated carbocycles. The summed E-state index contributed by atoms with van der Waals surface area (Å²) in [6.07, 6.45) is 11.4. The Morgan fingerprint density at radius 1 is 1.34 bits per heavy atom. The van der Waals surface area contributed by atoms with Gasteiger partial charge in [0.25, 0.3) is 0 Å². The number of thiazole rings is 1. The third-order valence-electron chi connectivity index (χ3n) is 6.45. The number of hydrogen-bond donors (Lipinski definition) is 3. The lowest BCUT2D eigenvalue weighted by Gasteiger charge is -2.43. The molecule has 0 radical (unpaired) electrons. The second-order valence-electron chi connectivity index (χ2n) is 8.73. The Balaban J connectivity index is 1.94. The lowest BCUT2D eigenvalue weighted by Crippen LogP contribution is -2.47. The van der Waals surface area contributed by atoms with Gasteiger partial charge in [0.1, 0.15) is 6.67 Å². The minimum atomic E-state index is -0.789. The van der Waals surface area contributed by atoms with Gasteiger partial charge in [-0.3, -0.25) is 4.79 Å². The number of benzene rings is 1. The highest BCUT2D eigenvalue weighted by atomic mass is 32.1. The minimum absolute atomic E-state index is 0.138. The zero-order chi connectivity index (χ0) is 25.4. The molecule has 3 unspecified atom stereocenters. The largest absolute Gasteiger partial charge is 0.312 e. The monoisotopic (exact) mass is 492 g/mol. The molecule has 0 bridgehead atoms. The average molecular weight is 493 g/mol. The summed E-state index contributed by atoms with van der Waals surface area (Å²) in [6, 6.07) is 7.79. The fraction of sp³-hybridized carbons (Fsp3) is 0.321. The number of carbonyl (C=O) groups is 1. The summed E-state index contributed by atoms with van der Waals surface area (Å²) < 4.78 is 12.9. The number of alkyl halides is 1. The number of aromatic nitrogens is 1. The second-order valence-corrected chi connectivity index (χ2v) is 9.58. The number of anilines is 1. The van der Waals surface area contributed by atoms with Crippen molar-refractivity contribution in [2.24, 2.45) is 5.41 Å². The average Bonchev–Trinajstić information content (AvgIpc) is 3.32. The molecule has 1 aromatic carbocycles. The summed E-state index contributed by atoms with van der Waals surface area (Å²) in [5, 5.41) is 16.7. The van der Waals surface area contributed by atoms with E-state index in [2.05, 4.69) is 22.2 Å². The first kappa shape index (κ1) is 26.4. The van der Waals surface area contributed by atoms with Gasteiger partial charge in [-0.15, -0.1) is 17.9 Å². The molecule has 35 heavy (non-hydrogen) atoms. The normalized spacial score (nSPS) is 22.6. The van der Waals surface area contributed by atoms with E-state index in [9.17, 15) is 9.18 Å². The van der Waals surface area contributed by atoms with Crippen LogP contribution in [0.5, 0.6) is 0 Å². The third kappa shape index (κ3) is 5.57. The first-order chi connectivity index (χ1) is 16.9. The first-order valence-electron chi connectivity index (χ1n) is 11.7. The van der Waals surface area contributed by atoms with Gasteiger partial charge in [0.15, 0.2) is 5.13 Å². The Labute approximate surface area is 211 Å². The highest BCUT2D eigenvalue weighted by molar-refractivity contribution is 7.14. The number of fused-ring (bicyclic) bond motifs is 1. The van der Waals surface area contributed by atoms with Crippen LogP contribution in [0.2, 0.25) is 0 Å². The van der Waals surface area contributed by atoms with Crippen LogP contribution in [0.4, 0.5) is 9.52 Å². The third-order valence-corrected chi connectivity index (χ3v) is 7.21. The molecule has 0 saturated heterocycles. The van der Waals surface area contributed by atoms with Gasteiger partial charge in [0.05, 0.1) is 11.1 Å². The van der Waals surface area contributed by atoms with E-state index in [4.69, 9.17) is 5.41 Å². The van der Waals surface area contributed by atoms with Crippen LogP contribution in [0.3, 0.4) is 0 Å². The van der Waals surface area contributed by atoms with Crippen molar-refractivity contribution < 1.29 is 9.18 Å². The van der Waals surface area contributed by atoms with Gasteiger partial charge in [-0.25, -0.2) is 9.37 Å². The molecule has 0 spiro atoms. The minimum Gasteiger partial charge on any atom is -0.312 e. The lowest BCUT2D eigenvalue weighted by atomic mass is 9.64. The Bertz CT molecular complexity index is 1170. The molecule has 5 nitrogen and oxygen atoms in total. The van der Waals surface area contributed by atoms with E-state index >= 15 is 0 Å². The summed E-state index contributed by atoms with van der Waals surface area (Å²) in [5.41, 5.74) is 3.77. The molecule has 3 atom stereocenters. The molecule has 184 valence electrons. The molecule has 0 fully saturated rings. The molecule has 1 heterocycles. The molecular weight excluding hydrogens is 459 g/mol. The number of halogens is 1. The van der Waals surface area contributed by atoms with Gasteiger partial charge in [-0.1, -0.05) is 54.6 Å². The van der Waals surface area contributed by atoms with E-state index in [1.807, 2.05) is 62.7 Å². The quantitative estimate of drug-likeness (QED) is 0.198. The van der Waals surface area contributed by atoms with E-state index in [0.717, 1.165) is 22.3 Å². The van der Waals surface area contributed by atoms with Crippen molar-refractivity contribution in [1.82, 2.24) is 10.3 Å². The maximum Gasteiger partial charge on any atom is 0.234 e. The summed E-state index contributed by atoms with van der Waals surface area (Å²) >= 11 is 1.34. The predicted molar refractivity (Wildman–Crippen MR) is 145 cm³/mol.